The van der Waals surface area contributed by atoms with Crippen molar-refractivity contribution in [2.24, 2.45) is 11.7 Å². The number of rotatable bonds is 4. The van der Waals surface area contributed by atoms with Crippen LogP contribution < -0.4 is 22.1 Å². The van der Waals surface area contributed by atoms with Crippen molar-refractivity contribution in [3.05, 3.63) is 29.3 Å². The van der Waals surface area contributed by atoms with Crippen LogP contribution in [0.2, 0.25) is 0 Å². The zero-order valence-electron chi connectivity index (χ0n) is 10.5. The van der Waals surface area contributed by atoms with Gasteiger partial charge in [-0.15, -0.1) is 0 Å². The molecule has 6 N–H and O–H groups in total. The number of thiocarbonyl (C=S) groups is 1. The molecule has 6 heteroatoms. The van der Waals surface area contributed by atoms with Gasteiger partial charge in [-0.2, -0.15) is 0 Å². The van der Waals surface area contributed by atoms with E-state index in [1.54, 1.807) is 12.1 Å². The second kappa shape index (κ2) is 7.27. The molecule has 0 radical (unpaired) electrons. The van der Waals surface area contributed by atoms with E-state index in [1.807, 2.05) is 12.1 Å². The Morgan fingerprint density at radius 1 is 1.56 bits per heavy atom. The molecule has 1 aliphatic carbocycles. The molecule has 5 nitrogen and oxygen atoms in total. The summed E-state index contributed by atoms with van der Waals surface area (Å²) < 4.78 is 0. The van der Waals surface area contributed by atoms with E-state index in [2.05, 4.69) is 29.6 Å². The smallest absolute Gasteiger partial charge is 0.0755 e. The number of hydrazine groups is 2. The Morgan fingerprint density at radius 2 is 2.17 bits per heavy atom. The topological polar surface area (TPSA) is 87.5 Å². The van der Waals surface area contributed by atoms with E-state index in [0.29, 0.717) is 5.92 Å². The maximum atomic E-state index is 9.34. The normalized spacial score (nSPS) is 13.3. The van der Waals surface area contributed by atoms with Gasteiger partial charge in [-0.05, 0) is 30.4 Å². The van der Waals surface area contributed by atoms with Gasteiger partial charge in [0.1, 0.15) is 0 Å². The third-order valence-corrected chi connectivity index (χ3v) is 2.95. The molecule has 1 saturated carbocycles. The zero-order valence-corrected chi connectivity index (χ0v) is 11.3. The quantitative estimate of drug-likeness (QED) is 0.366. The van der Waals surface area contributed by atoms with Crippen molar-refractivity contribution in [3.8, 4) is 0 Å². The summed E-state index contributed by atoms with van der Waals surface area (Å²) in [5.41, 5.74) is 6.54. The molecule has 1 aromatic carbocycles. The fourth-order valence-electron chi connectivity index (χ4n) is 1.87. The van der Waals surface area contributed by atoms with E-state index in [0.717, 1.165) is 11.3 Å². The Morgan fingerprint density at radius 3 is 2.56 bits per heavy atom. The second-order valence-electron chi connectivity index (χ2n) is 4.17. The fourth-order valence-corrected chi connectivity index (χ4v) is 1.87. The van der Waals surface area contributed by atoms with Crippen molar-refractivity contribution in [1.29, 1.82) is 0 Å². The lowest BCUT2D eigenvalue weighted by molar-refractivity contribution is 0.281. The molecule has 1 fully saturated rings. The molecule has 1 aromatic rings. The van der Waals surface area contributed by atoms with Gasteiger partial charge in [-0.3, -0.25) is 5.84 Å². The number of hydrogen-bond donors (Lipinski definition) is 4. The number of hydrogen-bond acceptors (Lipinski definition) is 5. The fraction of sp³-hybridized carbons (Fsp3) is 0.417. The first-order valence-electron chi connectivity index (χ1n) is 5.76. The maximum Gasteiger partial charge on any atom is 0.0755 e. The van der Waals surface area contributed by atoms with Gasteiger partial charge >= 0.3 is 0 Å². The molecular formula is C12H20N4OS. The van der Waals surface area contributed by atoms with Crippen LogP contribution in [0.1, 0.15) is 29.9 Å². The highest BCUT2D eigenvalue weighted by atomic mass is 32.1. The molecule has 0 unspecified atom stereocenters. The van der Waals surface area contributed by atoms with E-state index < -0.39 is 0 Å². The monoisotopic (exact) mass is 268 g/mol. The highest BCUT2D eigenvalue weighted by molar-refractivity contribution is 7.78. The Balaban J connectivity index is 0.000000357. The second-order valence-corrected chi connectivity index (χ2v) is 4.41. The molecular weight excluding hydrogens is 248 g/mol. The summed E-state index contributed by atoms with van der Waals surface area (Å²) >= 11 is 4.19. The number of aliphatic hydroxyl groups is 1. The van der Waals surface area contributed by atoms with Crippen LogP contribution in [0.4, 0.5) is 5.69 Å². The number of anilines is 1. The first-order chi connectivity index (χ1) is 8.65. The van der Waals surface area contributed by atoms with E-state index in [-0.39, 0.29) is 6.61 Å². The van der Waals surface area contributed by atoms with Gasteiger partial charge in [0.15, 0.2) is 0 Å². The Kier molecular flexibility index (Phi) is 6.00. The lowest BCUT2D eigenvalue weighted by atomic mass is 10.0. The number of nitrogens with one attached hydrogen (secondary N) is 1. The molecule has 0 heterocycles. The summed E-state index contributed by atoms with van der Waals surface area (Å²) in [5.74, 6) is 11.0. The summed E-state index contributed by atoms with van der Waals surface area (Å²) in [4.78, 5) is 0. The Hall–Kier alpha value is -1.21. The van der Waals surface area contributed by atoms with Gasteiger partial charge in [0.25, 0.3) is 0 Å². The first-order valence-corrected chi connectivity index (χ1v) is 6.23. The summed E-state index contributed by atoms with van der Waals surface area (Å²) in [6, 6.07) is 6.04. The van der Waals surface area contributed by atoms with Gasteiger partial charge in [-0.1, -0.05) is 24.4 Å². The number of nitrogens with two attached hydrogens (primary N) is 2. The van der Waals surface area contributed by atoms with Crippen LogP contribution in [0.15, 0.2) is 18.2 Å². The summed E-state index contributed by atoms with van der Waals surface area (Å²) in [6.45, 7) is 0.0730. The molecule has 0 bridgehead atoms. The molecule has 18 heavy (non-hydrogen) atoms. The van der Waals surface area contributed by atoms with Crippen molar-refractivity contribution in [3.63, 3.8) is 0 Å². The van der Waals surface area contributed by atoms with Crippen molar-refractivity contribution in [2.75, 3.05) is 12.1 Å². The average molecular weight is 268 g/mol. The minimum absolute atomic E-state index is 0.0730. The molecule has 0 spiro atoms. The predicted octanol–water partition coefficient (Wildman–Crippen LogP) is 0.773. The summed E-state index contributed by atoms with van der Waals surface area (Å²) in [7, 11) is 1.80. The SMILES string of the molecule is CN(N)c1cccc(C2CC2)c1CO.NNC=S. The third kappa shape index (κ3) is 3.92. The number of nitrogens with zero attached hydrogens (tertiary/aromatic N) is 1. The van der Waals surface area contributed by atoms with Crippen molar-refractivity contribution in [2.45, 2.75) is 25.4 Å². The molecule has 0 aliphatic heterocycles. The van der Waals surface area contributed by atoms with E-state index in [4.69, 9.17) is 5.84 Å². The van der Waals surface area contributed by atoms with E-state index in [1.165, 1.54) is 23.9 Å². The molecule has 2 rings (SSSR count). The van der Waals surface area contributed by atoms with E-state index >= 15 is 0 Å². The van der Waals surface area contributed by atoms with Gasteiger partial charge < -0.3 is 15.5 Å². The third-order valence-electron chi connectivity index (χ3n) is 2.81. The highest BCUT2D eigenvalue weighted by Gasteiger charge is 2.26. The van der Waals surface area contributed by atoms with Gasteiger partial charge in [0.05, 0.1) is 17.8 Å². The Bertz CT molecular complexity index is 373. The van der Waals surface area contributed by atoms with Crippen LogP contribution in [-0.2, 0) is 6.61 Å². The standard InChI is InChI=1S/C11H16N2O.CH4N2S/c1-13(12)11-4-2-3-9(8-5-6-8)10(11)7-14;2-3-1-4/h2-4,8,14H,5-7,12H2,1H3;1H,2H2,(H,3,4). The lowest BCUT2D eigenvalue weighted by Crippen LogP contribution is -2.26. The van der Waals surface area contributed by atoms with Crippen LogP contribution in [-0.4, -0.2) is 17.6 Å². The van der Waals surface area contributed by atoms with Crippen molar-refractivity contribution < 1.29 is 5.11 Å². The van der Waals surface area contributed by atoms with Gasteiger partial charge in [0, 0.05) is 12.6 Å². The largest absolute Gasteiger partial charge is 0.392 e. The lowest BCUT2D eigenvalue weighted by Gasteiger charge is -2.18. The minimum Gasteiger partial charge on any atom is -0.392 e. The van der Waals surface area contributed by atoms with Crippen molar-refractivity contribution >= 4 is 23.4 Å². The Labute approximate surface area is 113 Å². The minimum atomic E-state index is 0.0730. The van der Waals surface area contributed by atoms with Crippen LogP contribution >= 0.6 is 12.2 Å². The molecule has 1 aliphatic rings. The number of aliphatic hydroxyl groups excluding tert-OH is 1. The van der Waals surface area contributed by atoms with E-state index in [9.17, 15) is 5.11 Å². The molecule has 100 valence electrons. The summed E-state index contributed by atoms with van der Waals surface area (Å²) in [5, 5.41) is 10.9. The van der Waals surface area contributed by atoms with Crippen LogP contribution in [0.5, 0.6) is 0 Å². The molecule has 0 saturated heterocycles. The summed E-state index contributed by atoms with van der Waals surface area (Å²) in [6.07, 6.45) is 2.48. The number of benzene rings is 1. The molecule has 0 amide bonds. The van der Waals surface area contributed by atoms with Crippen molar-refractivity contribution in [1.82, 2.24) is 5.43 Å². The van der Waals surface area contributed by atoms with Crippen LogP contribution in [0, 0.1) is 0 Å². The van der Waals surface area contributed by atoms with Crippen LogP contribution in [0.3, 0.4) is 0 Å². The predicted molar refractivity (Wildman–Crippen MR) is 77.9 cm³/mol. The van der Waals surface area contributed by atoms with Crippen LogP contribution in [0.25, 0.3) is 0 Å². The zero-order chi connectivity index (χ0) is 13.5. The first kappa shape index (κ1) is 14.8. The highest BCUT2D eigenvalue weighted by Crippen LogP contribution is 2.43. The molecule has 0 aromatic heterocycles. The van der Waals surface area contributed by atoms with Gasteiger partial charge in [0.2, 0.25) is 0 Å². The molecule has 0 atom stereocenters. The van der Waals surface area contributed by atoms with Gasteiger partial charge in [-0.25, -0.2) is 5.84 Å². The average Bonchev–Trinajstić information content (AvgIpc) is 3.22. The maximum absolute atomic E-state index is 9.34.